The second kappa shape index (κ2) is 5.02. The van der Waals surface area contributed by atoms with E-state index in [0.29, 0.717) is 11.5 Å². The lowest BCUT2D eigenvalue weighted by molar-refractivity contribution is 0.421. The van der Waals surface area contributed by atoms with Gasteiger partial charge in [-0.2, -0.15) is 0 Å². The minimum Gasteiger partial charge on any atom is -0.507 e. The summed E-state index contributed by atoms with van der Waals surface area (Å²) < 4.78 is 0. The monoisotopic (exact) mass is 324 g/mol. The molecule has 0 bridgehead atoms. The predicted octanol–water partition coefficient (Wildman–Crippen LogP) is 5.32. The van der Waals surface area contributed by atoms with E-state index in [9.17, 15) is 10.2 Å². The predicted molar refractivity (Wildman–Crippen MR) is 99.3 cm³/mol. The van der Waals surface area contributed by atoms with Crippen molar-refractivity contribution in [1.82, 2.24) is 0 Å². The van der Waals surface area contributed by atoms with Gasteiger partial charge in [0.05, 0.1) is 0 Å². The van der Waals surface area contributed by atoms with Crippen LogP contribution in [-0.4, -0.2) is 10.2 Å². The Morgan fingerprint density at radius 1 is 0.792 bits per heavy atom. The highest BCUT2D eigenvalue weighted by molar-refractivity contribution is 5.61. The minimum atomic E-state index is -0.169. The lowest BCUT2D eigenvalue weighted by atomic mass is 9.73. The Hall–Kier alpha value is -1.96. The Morgan fingerprint density at radius 3 is 1.83 bits per heavy atom. The van der Waals surface area contributed by atoms with Gasteiger partial charge in [0.2, 0.25) is 0 Å². The molecule has 0 saturated carbocycles. The number of phenols is 2. The molecule has 24 heavy (non-hydrogen) atoms. The third-order valence-corrected chi connectivity index (χ3v) is 5.94. The molecule has 0 spiro atoms. The van der Waals surface area contributed by atoms with Crippen LogP contribution < -0.4 is 0 Å². The Morgan fingerprint density at radius 2 is 1.29 bits per heavy atom. The van der Waals surface area contributed by atoms with E-state index in [1.54, 1.807) is 0 Å². The molecule has 2 heteroatoms. The van der Waals surface area contributed by atoms with Crippen molar-refractivity contribution < 1.29 is 10.2 Å². The fourth-order valence-corrected chi connectivity index (χ4v) is 4.81. The van der Waals surface area contributed by atoms with E-state index in [-0.39, 0.29) is 10.8 Å². The average Bonchev–Trinajstić information content (AvgIpc) is 2.69. The van der Waals surface area contributed by atoms with Crippen molar-refractivity contribution in [2.45, 2.75) is 65.7 Å². The first kappa shape index (κ1) is 16.9. The van der Waals surface area contributed by atoms with Gasteiger partial charge in [0.25, 0.3) is 0 Å². The summed E-state index contributed by atoms with van der Waals surface area (Å²) >= 11 is 0. The largest absolute Gasteiger partial charge is 0.507 e. The smallest absolute Gasteiger partial charge is 0.121 e. The third-order valence-electron chi connectivity index (χ3n) is 5.94. The molecular formula is C22H28O2. The number of phenolic OH excluding ortho intramolecular Hbond substituents is 2. The summed E-state index contributed by atoms with van der Waals surface area (Å²) in [6.45, 7) is 14.8. The van der Waals surface area contributed by atoms with Crippen LogP contribution in [-0.2, 0) is 10.8 Å². The van der Waals surface area contributed by atoms with Crippen LogP contribution in [0.5, 0.6) is 11.5 Å². The number of fused-ring (bicyclic) bond motifs is 1. The molecule has 2 aromatic carbocycles. The number of rotatable bonds is 1. The van der Waals surface area contributed by atoms with Crippen LogP contribution in [0.25, 0.3) is 0 Å². The first-order valence-corrected chi connectivity index (χ1v) is 8.64. The van der Waals surface area contributed by atoms with Crippen molar-refractivity contribution in [2.24, 2.45) is 0 Å². The van der Waals surface area contributed by atoms with Gasteiger partial charge in [-0.05, 0) is 78.5 Å². The molecule has 0 aromatic heterocycles. The van der Waals surface area contributed by atoms with Crippen LogP contribution in [0.3, 0.4) is 0 Å². The lowest BCUT2D eigenvalue weighted by Crippen LogP contribution is -2.24. The number of aromatic hydroxyl groups is 2. The second-order valence-electron chi connectivity index (χ2n) is 8.44. The molecule has 1 unspecified atom stereocenters. The molecule has 2 N–H and O–H groups in total. The van der Waals surface area contributed by atoms with Crippen molar-refractivity contribution in [3.8, 4) is 11.5 Å². The third kappa shape index (κ3) is 2.16. The SMILES string of the molecule is Cc1cc(C2(C)CC(C)(C)c3cc(C)c(O)c(C)c32)cc(C)c1O. The summed E-state index contributed by atoms with van der Waals surface area (Å²) in [5, 5.41) is 20.7. The van der Waals surface area contributed by atoms with Gasteiger partial charge in [0, 0.05) is 5.41 Å². The van der Waals surface area contributed by atoms with Crippen LogP contribution in [0.4, 0.5) is 0 Å². The summed E-state index contributed by atoms with van der Waals surface area (Å²) in [7, 11) is 0. The van der Waals surface area contributed by atoms with Crippen molar-refractivity contribution in [3.63, 3.8) is 0 Å². The molecular weight excluding hydrogens is 296 g/mol. The van der Waals surface area contributed by atoms with Gasteiger partial charge in [0.15, 0.2) is 0 Å². The summed E-state index contributed by atoms with van der Waals surface area (Å²) in [5.74, 6) is 0.785. The van der Waals surface area contributed by atoms with Crippen molar-refractivity contribution in [3.05, 3.63) is 57.1 Å². The molecule has 3 rings (SSSR count). The Labute approximate surface area is 145 Å². The highest BCUT2D eigenvalue weighted by atomic mass is 16.3. The van der Waals surface area contributed by atoms with Gasteiger partial charge in [-0.3, -0.25) is 0 Å². The van der Waals surface area contributed by atoms with Crippen LogP contribution in [0.15, 0.2) is 18.2 Å². The van der Waals surface area contributed by atoms with Gasteiger partial charge < -0.3 is 10.2 Å². The summed E-state index contributed by atoms with van der Waals surface area (Å²) in [6, 6.07) is 6.36. The van der Waals surface area contributed by atoms with E-state index in [1.807, 2.05) is 27.7 Å². The van der Waals surface area contributed by atoms with Gasteiger partial charge in [-0.25, -0.2) is 0 Å². The zero-order valence-corrected chi connectivity index (χ0v) is 15.8. The first-order valence-electron chi connectivity index (χ1n) is 8.64. The van der Waals surface area contributed by atoms with Crippen molar-refractivity contribution >= 4 is 0 Å². The Kier molecular flexibility index (Phi) is 3.53. The highest BCUT2D eigenvalue weighted by Crippen LogP contribution is 2.56. The topological polar surface area (TPSA) is 40.5 Å². The zero-order valence-electron chi connectivity index (χ0n) is 15.8. The van der Waals surface area contributed by atoms with E-state index in [2.05, 4.69) is 39.0 Å². The van der Waals surface area contributed by atoms with E-state index in [1.165, 1.54) is 16.7 Å². The summed E-state index contributed by atoms with van der Waals surface area (Å²) in [5.41, 5.74) is 7.43. The zero-order chi connectivity index (χ0) is 18.0. The van der Waals surface area contributed by atoms with E-state index < -0.39 is 0 Å². The van der Waals surface area contributed by atoms with Crippen LogP contribution in [0.2, 0.25) is 0 Å². The quantitative estimate of drug-likeness (QED) is 0.745. The lowest BCUT2D eigenvalue weighted by Gasteiger charge is -2.30. The Balaban J connectivity index is 2.35. The molecule has 0 heterocycles. The maximum atomic E-state index is 10.5. The summed E-state index contributed by atoms with van der Waals surface area (Å²) in [4.78, 5) is 0. The molecule has 0 aliphatic heterocycles. The number of benzene rings is 2. The molecule has 0 radical (unpaired) electrons. The normalized spacial score (nSPS) is 21.8. The molecule has 2 aromatic rings. The maximum absolute atomic E-state index is 10.5. The summed E-state index contributed by atoms with van der Waals surface area (Å²) in [6.07, 6.45) is 0.989. The first-order chi connectivity index (χ1) is 11.0. The highest BCUT2D eigenvalue weighted by Gasteiger charge is 2.47. The fraction of sp³-hybridized carbons (Fsp3) is 0.455. The molecule has 0 saturated heterocycles. The minimum absolute atomic E-state index is 0.0486. The van der Waals surface area contributed by atoms with Crippen molar-refractivity contribution in [2.75, 3.05) is 0 Å². The van der Waals surface area contributed by atoms with E-state index >= 15 is 0 Å². The van der Waals surface area contributed by atoms with Gasteiger partial charge in [-0.1, -0.05) is 39.0 Å². The van der Waals surface area contributed by atoms with Gasteiger partial charge >= 0.3 is 0 Å². The second-order valence-corrected chi connectivity index (χ2v) is 8.44. The number of aryl methyl sites for hydroxylation is 3. The van der Waals surface area contributed by atoms with Crippen molar-refractivity contribution in [1.29, 1.82) is 0 Å². The van der Waals surface area contributed by atoms with Crippen LogP contribution in [0, 0.1) is 27.7 Å². The molecule has 1 aliphatic carbocycles. The number of hydrogen-bond acceptors (Lipinski definition) is 2. The molecule has 0 fully saturated rings. The molecule has 1 aliphatic rings. The molecule has 2 nitrogen and oxygen atoms in total. The van der Waals surface area contributed by atoms with E-state index in [0.717, 1.165) is 28.7 Å². The standard InChI is InChI=1S/C22H28O2/c1-12-8-16(9-13(2)19(12)23)22(7)11-21(5,6)17-10-14(3)20(24)15(4)18(17)22/h8-10,23-24H,11H2,1-7H3. The van der Waals surface area contributed by atoms with Gasteiger partial charge in [-0.15, -0.1) is 0 Å². The van der Waals surface area contributed by atoms with E-state index in [4.69, 9.17) is 0 Å². The molecule has 0 amide bonds. The van der Waals surface area contributed by atoms with Crippen LogP contribution >= 0.6 is 0 Å². The maximum Gasteiger partial charge on any atom is 0.121 e. The molecule has 128 valence electrons. The molecule has 1 atom stereocenters. The fourth-order valence-electron chi connectivity index (χ4n) is 4.81. The van der Waals surface area contributed by atoms with Gasteiger partial charge in [0.1, 0.15) is 11.5 Å². The average molecular weight is 324 g/mol. The Bertz CT molecular complexity index is 823. The van der Waals surface area contributed by atoms with Crippen LogP contribution in [0.1, 0.15) is 66.1 Å². The number of hydrogen-bond donors (Lipinski definition) is 2.